The predicted molar refractivity (Wildman–Crippen MR) is 113 cm³/mol. The van der Waals surface area contributed by atoms with Crippen LogP contribution in [0.15, 0.2) is 52.1 Å². The minimum Gasteiger partial charge on any atom is -0.310 e. The van der Waals surface area contributed by atoms with E-state index >= 15 is 0 Å². The number of amides is 2. The topological polar surface area (TPSA) is 62.3 Å². The minimum absolute atomic E-state index is 0.0173. The third-order valence-electron chi connectivity index (χ3n) is 4.12. The zero-order valence-corrected chi connectivity index (χ0v) is 16.8. The summed E-state index contributed by atoms with van der Waals surface area (Å²) in [5.74, 6) is 0.672. The van der Waals surface area contributed by atoms with Gasteiger partial charge in [0.25, 0.3) is 0 Å². The fourth-order valence-electron chi connectivity index (χ4n) is 2.83. The van der Waals surface area contributed by atoms with E-state index in [0.717, 1.165) is 26.9 Å². The molecule has 0 fully saturated rings. The first-order valence-corrected chi connectivity index (χ1v) is 11.3. The molecule has 2 amide bonds. The molecule has 0 saturated heterocycles. The summed E-state index contributed by atoms with van der Waals surface area (Å²) in [5.41, 5.74) is 1.81. The van der Waals surface area contributed by atoms with Gasteiger partial charge < -0.3 is 10.2 Å². The number of hydrogen-bond donors (Lipinski definition) is 1. The van der Waals surface area contributed by atoms with Gasteiger partial charge in [-0.3, -0.25) is 9.59 Å². The highest BCUT2D eigenvalue weighted by atomic mass is 32.2. The normalized spacial score (nSPS) is 13.3. The number of carbonyl (C=O) groups is 2. The number of rotatable bonds is 5. The molecule has 0 bridgehead atoms. The van der Waals surface area contributed by atoms with Gasteiger partial charge in [-0.15, -0.1) is 34.4 Å². The van der Waals surface area contributed by atoms with Gasteiger partial charge in [-0.25, -0.2) is 4.98 Å². The van der Waals surface area contributed by atoms with Crippen molar-refractivity contribution in [3.05, 3.63) is 47.2 Å². The van der Waals surface area contributed by atoms with E-state index in [2.05, 4.69) is 10.3 Å². The van der Waals surface area contributed by atoms with Crippen LogP contribution in [0.1, 0.15) is 12.8 Å². The van der Waals surface area contributed by atoms with Crippen LogP contribution in [0.4, 0.5) is 10.8 Å². The maximum atomic E-state index is 12.6. The molecule has 138 valence electrons. The lowest BCUT2D eigenvalue weighted by molar-refractivity contribution is -0.122. The number of para-hydroxylation sites is 1. The van der Waals surface area contributed by atoms with Gasteiger partial charge in [0.15, 0.2) is 5.13 Å². The third kappa shape index (κ3) is 4.23. The number of thiazole rings is 1. The number of anilines is 2. The Morgan fingerprint density at radius 1 is 1.11 bits per heavy atom. The summed E-state index contributed by atoms with van der Waals surface area (Å²) in [6, 6.07) is 11.9. The fraction of sp³-hybridized carbons (Fsp3) is 0.211. The van der Waals surface area contributed by atoms with Gasteiger partial charge in [0.05, 0.1) is 16.3 Å². The number of carbonyl (C=O) groups excluding carboxylic acids is 2. The molecule has 3 aromatic rings. The second kappa shape index (κ2) is 8.24. The summed E-state index contributed by atoms with van der Waals surface area (Å²) in [6.45, 7) is 0.679. The second-order valence-electron chi connectivity index (χ2n) is 5.92. The summed E-state index contributed by atoms with van der Waals surface area (Å²) in [6.07, 6.45) is 0.340. The van der Waals surface area contributed by atoms with E-state index in [9.17, 15) is 9.59 Å². The largest absolute Gasteiger partial charge is 0.310 e. The van der Waals surface area contributed by atoms with Crippen LogP contribution in [0, 0.1) is 0 Å². The van der Waals surface area contributed by atoms with Gasteiger partial charge in [-0.2, -0.15) is 0 Å². The first-order valence-electron chi connectivity index (χ1n) is 8.52. The number of nitrogens with one attached hydrogen (secondary N) is 1. The second-order valence-corrected chi connectivity index (χ2v) is 8.87. The van der Waals surface area contributed by atoms with Crippen molar-refractivity contribution in [2.45, 2.75) is 17.7 Å². The third-order valence-corrected chi connectivity index (χ3v) is 6.81. The number of benzene rings is 1. The van der Waals surface area contributed by atoms with Crippen molar-refractivity contribution in [3.8, 4) is 10.6 Å². The molecule has 0 aliphatic carbocycles. The van der Waals surface area contributed by atoms with E-state index < -0.39 is 0 Å². The number of fused-ring (bicyclic) bond motifs is 1. The summed E-state index contributed by atoms with van der Waals surface area (Å²) in [5, 5.41) is 7.29. The number of hydrogen-bond acceptors (Lipinski definition) is 6. The van der Waals surface area contributed by atoms with Gasteiger partial charge in [0.2, 0.25) is 11.8 Å². The van der Waals surface area contributed by atoms with Crippen LogP contribution in [0.5, 0.6) is 0 Å². The summed E-state index contributed by atoms with van der Waals surface area (Å²) in [7, 11) is 0. The highest BCUT2D eigenvalue weighted by Gasteiger charge is 2.23. The summed E-state index contributed by atoms with van der Waals surface area (Å²) in [4.78, 5) is 33.2. The predicted octanol–water partition coefficient (Wildman–Crippen LogP) is 4.73. The highest BCUT2D eigenvalue weighted by Crippen LogP contribution is 2.34. The Morgan fingerprint density at radius 3 is 2.85 bits per heavy atom. The van der Waals surface area contributed by atoms with Crippen LogP contribution in [-0.2, 0) is 9.59 Å². The zero-order chi connectivity index (χ0) is 18.6. The molecule has 0 unspecified atom stereocenters. The van der Waals surface area contributed by atoms with E-state index in [4.69, 9.17) is 0 Å². The Labute approximate surface area is 169 Å². The molecular weight excluding hydrogens is 398 g/mol. The van der Waals surface area contributed by atoms with Crippen LogP contribution in [0.25, 0.3) is 10.6 Å². The van der Waals surface area contributed by atoms with Crippen molar-refractivity contribution in [2.75, 3.05) is 22.5 Å². The quantitative estimate of drug-likeness (QED) is 0.654. The smallest absolute Gasteiger partial charge is 0.227 e. The highest BCUT2D eigenvalue weighted by molar-refractivity contribution is 7.99. The lowest BCUT2D eigenvalue weighted by Crippen LogP contribution is -2.35. The molecule has 0 saturated carbocycles. The standard InChI is InChI=1S/C19H17N3O2S3/c23-17(21-19-20-13(12-27-19)15-6-3-10-25-15)7-8-18(24)22-9-11-26-16-5-2-1-4-14(16)22/h1-6,10,12H,7-9,11H2,(H,20,21,23). The van der Waals surface area contributed by atoms with Crippen LogP contribution in [-0.4, -0.2) is 29.1 Å². The Balaban J connectivity index is 1.33. The molecule has 1 aliphatic heterocycles. The number of thioether (sulfide) groups is 1. The fourth-order valence-corrected chi connectivity index (χ4v) is 5.32. The zero-order valence-electron chi connectivity index (χ0n) is 14.4. The van der Waals surface area contributed by atoms with Crippen molar-refractivity contribution in [2.24, 2.45) is 0 Å². The number of nitrogens with zero attached hydrogens (tertiary/aromatic N) is 2. The van der Waals surface area contributed by atoms with Gasteiger partial charge in [0.1, 0.15) is 0 Å². The first-order chi connectivity index (χ1) is 13.2. The van der Waals surface area contributed by atoms with Crippen molar-refractivity contribution in [3.63, 3.8) is 0 Å². The van der Waals surface area contributed by atoms with Gasteiger partial charge in [0, 0.05) is 35.4 Å². The van der Waals surface area contributed by atoms with Crippen LogP contribution >= 0.6 is 34.4 Å². The van der Waals surface area contributed by atoms with Crippen molar-refractivity contribution in [1.82, 2.24) is 4.98 Å². The molecule has 3 heterocycles. The Kier molecular flexibility index (Phi) is 5.56. The lowest BCUT2D eigenvalue weighted by Gasteiger charge is -2.28. The van der Waals surface area contributed by atoms with Gasteiger partial charge in [-0.1, -0.05) is 18.2 Å². The summed E-state index contributed by atoms with van der Waals surface area (Å²) >= 11 is 4.76. The van der Waals surface area contributed by atoms with Crippen LogP contribution < -0.4 is 10.2 Å². The molecule has 0 spiro atoms. The average molecular weight is 416 g/mol. The van der Waals surface area contributed by atoms with Crippen molar-refractivity contribution in [1.29, 1.82) is 0 Å². The SMILES string of the molecule is O=C(CCC(=O)N1CCSc2ccccc21)Nc1nc(-c2cccs2)cs1. The Bertz CT molecular complexity index is 953. The van der Waals surface area contributed by atoms with Crippen LogP contribution in [0.2, 0.25) is 0 Å². The van der Waals surface area contributed by atoms with Crippen LogP contribution in [0.3, 0.4) is 0 Å². The van der Waals surface area contributed by atoms with Gasteiger partial charge in [-0.05, 0) is 23.6 Å². The average Bonchev–Trinajstić information content (AvgIpc) is 3.37. The molecule has 27 heavy (non-hydrogen) atoms. The Hall–Kier alpha value is -2.16. The number of aromatic nitrogens is 1. The van der Waals surface area contributed by atoms with Gasteiger partial charge >= 0.3 is 0 Å². The van der Waals surface area contributed by atoms with E-state index in [1.165, 1.54) is 11.3 Å². The molecule has 5 nitrogen and oxygen atoms in total. The molecule has 0 atom stereocenters. The van der Waals surface area contributed by atoms with Crippen molar-refractivity contribution < 1.29 is 9.59 Å². The van der Waals surface area contributed by atoms with E-state index in [1.807, 2.05) is 47.2 Å². The Morgan fingerprint density at radius 2 is 2.00 bits per heavy atom. The molecule has 4 rings (SSSR count). The first kappa shape index (κ1) is 18.2. The lowest BCUT2D eigenvalue weighted by atomic mass is 10.2. The molecule has 1 N–H and O–H groups in total. The van der Waals surface area contributed by atoms with E-state index in [0.29, 0.717) is 11.7 Å². The maximum absolute atomic E-state index is 12.6. The maximum Gasteiger partial charge on any atom is 0.227 e. The van der Waals surface area contributed by atoms with E-state index in [-0.39, 0.29) is 24.7 Å². The molecule has 1 aromatic carbocycles. The molecule has 8 heteroatoms. The molecule has 2 aromatic heterocycles. The summed E-state index contributed by atoms with van der Waals surface area (Å²) < 4.78 is 0. The van der Waals surface area contributed by atoms with Crippen molar-refractivity contribution >= 4 is 57.1 Å². The molecular formula is C19H17N3O2S3. The number of thiophene rings is 1. The minimum atomic E-state index is -0.185. The molecule has 0 radical (unpaired) electrons. The van der Waals surface area contributed by atoms with E-state index in [1.54, 1.807) is 28.0 Å². The monoisotopic (exact) mass is 415 g/mol. The molecule has 1 aliphatic rings.